The molecule has 0 saturated carbocycles. The molecule has 21 heavy (non-hydrogen) atoms. The van der Waals surface area contributed by atoms with Crippen LogP contribution in [0, 0.1) is 0 Å². The van der Waals surface area contributed by atoms with Crippen molar-refractivity contribution in [2.75, 3.05) is 6.54 Å². The van der Waals surface area contributed by atoms with E-state index in [0.29, 0.717) is 11.1 Å². The molecular formula is C16H23N3OS. The van der Waals surface area contributed by atoms with Crippen LogP contribution in [0.5, 0.6) is 0 Å². The monoisotopic (exact) mass is 305 g/mol. The molecule has 4 nitrogen and oxygen atoms in total. The summed E-state index contributed by atoms with van der Waals surface area (Å²) in [5.41, 5.74) is 1.25. The maximum atomic E-state index is 5.38. The Labute approximate surface area is 130 Å². The van der Waals surface area contributed by atoms with Gasteiger partial charge in [0.05, 0.1) is 5.75 Å². The standard InChI is InChI=1S/C16H23N3OS/c1-4-17-14(13-8-6-5-7-9-13)10-16-18-15(19-20-16)11-21-12(2)3/h5-9,12,14,17H,4,10-11H2,1-3H3. The summed E-state index contributed by atoms with van der Waals surface area (Å²) < 4.78 is 5.38. The first-order valence-corrected chi connectivity index (χ1v) is 8.45. The first kappa shape index (κ1) is 16.0. The molecule has 114 valence electrons. The third-order valence-corrected chi connectivity index (χ3v) is 4.18. The maximum Gasteiger partial charge on any atom is 0.228 e. The van der Waals surface area contributed by atoms with Crippen LogP contribution in [0.4, 0.5) is 0 Å². The van der Waals surface area contributed by atoms with Crippen molar-refractivity contribution >= 4 is 11.8 Å². The fourth-order valence-electron chi connectivity index (χ4n) is 2.09. The highest BCUT2D eigenvalue weighted by molar-refractivity contribution is 7.99. The summed E-state index contributed by atoms with van der Waals surface area (Å²) in [6, 6.07) is 10.6. The Morgan fingerprint density at radius 1 is 1.24 bits per heavy atom. The Kier molecular flexibility index (Phi) is 6.26. The van der Waals surface area contributed by atoms with Gasteiger partial charge in [0.25, 0.3) is 0 Å². The van der Waals surface area contributed by atoms with Gasteiger partial charge in [-0.1, -0.05) is 56.3 Å². The molecule has 1 aromatic carbocycles. The first-order chi connectivity index (χ1) is 10.2. The van der Waals surface area contributed by atoms with E-state index in [0.717, 1.165) is 24.5 Å². The van der Waals surface area contributed by atoms with Gasteiger partial charge < -0.3 is 9.84 Å². The van der Waals surface area contributed by atoms with Crippen LogP contribution < -0.4 is 5.32 Å². The van der Waals surface area contributed by atoms with Crippen LogP contribution in [0.25, 0.3) is 0 Å². The number of hydrogen-bond donors (Lipinski definition) is 1. The number of nitrogens with zero attached hydrogens (tertiary/aromatic N) is 2. The van der Waals surface area contributed by atoms with Crippen molar-refractivity contribution < 1.29 is 4.52 Å². The second kappa shape index (κ2) is 8.20. The Morgan fingerprint density at radius 3 is 2.67 bits per heavy atom. The summed E-state index contributed by atoms with van der Waals surface area (Å²) in [5.74, 6) is 2.29. The molecule has 2 rings (SSSR count). The van der Waals surface area contributed by atoms with Gasteiger partial charge in [-0.25, -0.2) is 0 Å². The molecule has 1 aromatic heterocycles. The molecule has 0 bridgehead atoms. The minimum atomic E-state index is 0.210. The zero-order chi connectivity index (χ0) is 15.1. The topological polar surface area (TPSA) is 51.0 Å². The Hall–Kier alpha value is -1.33. The van der Waals surface area contributed by atoms with E-state index in [2.05, 4.69) is 60.5 Å². The van der Waals surface area contributed by atoms with E-state index in [9.17, 15) is 0 Å². The second-order valence-corrected chi connectivity index (χ2v) is 6.75. The Balaban J connectivity index is 2.00. The van der Waals surface area contributed by atoms with E-state index >= 15 is 0 Å². The average Bonchev–Trinajstić information content (AvgIpc) is 2.93. The van der Waals surface area contributed by atoms with E-state index in [1.807, 2.05) is 17.8 Å². The lowest BCUT2D eigenvalue weighted by Crippen LogP contribution is -2.23. The summed E-state index contributed by atoms with van der Waals surface area (Å²) in [7, 11) is 0. The van der Waals surface area contributed by atoms with E-state index < -0.39 is 0 Å². The molecule has 0 radical (unpaired) electrons. The van der Waals surface area contributed by atoms with Crippen molar-refractivity contribution in [2.24, 2.45) is 0 Å². The van der Waals surface area contributed by atoms with E-state index in [1.165, 1.54) is 5.56 Å². The minimum absolute atomic E-state index is 0.210. The van der Waals surface area contributed by atoms with Gasteiger partial charge >= 0.3 is 0 Å². The molecule has 1 unspecified atom stereocenters. The zero-order valence-electron chi connectivity index (χ0n) is 12.9. The summed E-state index contributed by atoms with van der Waals surface area (Å²) in [4.78, 5) is 4.49. The zero-order valence-corrected chi connectivity index (χ0v) is 13.7. The number of benzene rings is 1. The van der Waals surface area contributed by atoms with Crippen LogP contribution in [0.3, 0.4) is 0 Å². The highest BCUT2D eigenvalue weighted by atomic mass is 32.2. The lowest BCUT2D eigenvalue weighted by atomic mass is 10.0. The van der Waals surface area contributed by atoms with Crippen LogP contribution >= 0.6 is 11.8 Å². The molecule has 2 aromatic rings. The largest absolute Gasteiger partial charge is 0.339 e. The van der Waals surface area contributed by atoms with Crippen LogP contribution in [-0.2, 0) is 12.2 Å². The fraction of sp³-hybridized carbons (Fsp3) is 0.500. The fourth-order valence-corrected chi connectivity index (χ4v) is 2.69. The Bertz CT molecular complexity index is 527. The lowest BCUT2D eigenvalue weighted by molar-refractivity contribution is 0.356. The summed E-state index contributed by atoms with van der Waals surface area (Å²) >= 11 is 1.82. The van der Waals surface area contributed by atoms with Gasteiger partial charge in [0.2, 0.25) is 5.89 Å². The molecule has 1 heterocycles. The van der Waals surface area contributed by atoms with Gasteiger partial charge in [0.1, 0.15) is 0 Å². The highest BCUT2D eigenvalue weighted by Crippen LogP contribution is 2.19. The third-order valence-electron chi connectivity index (χ3n) is 3.09. The predicted molar refractivity (Wildman–Crippen MR) is 87.3 cm³/mol. The van der Waals surface area contributed by atoms with Gasteiger partial charge in [0.15, 0.2) is 5.82 Å². The van der Waals surface area contributed by atoms with Crippen molar-refractivity contribution in [3.8, 4) is 0 Å². The molecule has 0 saturated heterocycles. The van der Waals surface area contributed by atoms with E-state index in [-0.39, 0.29) is 6.04 Å². The Morgan fingerprint density at radius 2 is 2.00 bits per heavy atom. The number of hydrogen-bond acceptors (Lipinski definition) is 5. The van der Waals surface area contributed by atoms with Gasteiger partial charge in [0, 0.05) is 12.5 Å². The molecule has 0 aliphatic carbocycles. The molecular weight excluding hydrogens is 282 g/mol. The SMILES string of the molecule is CCNC(Cc1nc(CSC(C)C)no1)c1ccccc1. The van der Waals surface area contributed by atoms with Crippen LogP contribution in [-0.4, -0.2) is 21.9 Å². The highest BCUT2D eigenvalue weighted by Gasteiger charge is 2.15. The number of likely N-dealkylation sites (N-methyl/N-ethyl adjacent to an activating group) is 1. The minimum Gasteiger partial charge on any atom is -0.339 e. The van der Waals surface area contributed by atoms with Crippen molar-refractivity contribution in [2.45, 2.75) is 44.2 Å². The van der Waals surface area contributed by atoms with E-state index in [4.69, 9.17) is 4.52 Å². The van der Waals surface area contributed by atoms with Crippen LogP contribution in [0.2, 0.25) is 0 Å². The summed E-state index contributed by atoms with van der Waals surface area (Å²) in [6.07, 6.45) is 0.719. The lowest BCUT2D eigenvalue weighted by Gasteiger charge is -2.16. The van der Waals surface area contributed by atoms with Gasteiger partial charge in [-0.2, -0.15) is 16.7 Å². The molecule has 5 heteroatoms. The van der Waals surface area contributed by atoms with Crippen molar-refractivity contribution in [3.63, 3.8) is 0 Å². The third kappa shape index (κ3) is 5.17. The van der Waals surface area contributed by atoms with Gasteiger partial charge in [-0.05, 0) is 17.4 Å². The maximum absolute atomic E-state index is 5.38. The molecule has 0 amide bonds. The number of aromatic nitrogens is 2. The second-order valence-electron chi connectivity index (χ2n) is 5.19. The van der Waals surface area contributed by atoms with Gasteiger partial charge in [-0.3, -0.25) is 0 Å². The van der Waals surface area contributed by atoms with E-state index in [1.54, 1.807) is 0 Å². The van der Waals surface area contributed by atoms with Gasteiger partial charge in [-0.15, -0.1) is 0 Å². The van der Waals surface area contributed by atoms with Crippen molar-refractivity contribution in [1.29, 1.82) is 0 Å². The molecule has 0 aliphatic rings. The first-order valence-electron chi connectivity index (χ1n) is 7.40. The number of nitrogens with one attached hydrogen (secondary N) is 1. The summed E-state index contributed by atoms with van der Waals surface area (Å²) in [5, 5.41) is 8.11. The van der Waals surface area contributed by atoms with Crippen molar-refractivity contribution in [1.82, 2.24) is 15.5 Å². The van der Waals surface area contributed by atoms with Crippen LogP contribution in [0.15, 0.2) is 34.9 Å². The van der Waals surface area contributed by atoms with Crippen molar-refractivity contribution in [3.05, 3.63) is 47.6 Å². The normalized spacial score (nSPS) is 12.8. The summed E-state index contributed by atoms with van der Waals surface area (Å²) in [6.45, 7) is 7.35. The number of rotatable bonds is 8. The number of thioether (sulfide) groups is 1. The molecule has 0 fully saturated rings. The molecule has 1 atom stereocenters. The quantitative estimate of drug-likeness (QED) is 0.807. The molecule has 1 N–H and O–H groups in total. The average molecular weight is 305 g/mol. The molecule has 0 spiro atoms. The molecule has 0 aliphatic heterocycles. The van der Waals surface area contributed by atoms with Crippen LogP contribution in [0.1, 0.15) is 44.1 Å². The predicted octanol–water partition coefficient (Wildman–Crippen LogP) is 3.60. The smallest absolute Gasteiger partial charge is 0.228 e.